The van der Waals surface area contributed by atoms with Gasteiger partial charge in [-0.3, -0.25) is 4.79 Å². The quantitative estimate of drug-likeness (QED) is 0.731. The summed E-state index contributed by atoms with van der Waals surface area (Å²) in [4.78, 5) is 23.6. The van der Waals surface area contributed by atoms with Crippen LogP contribution in [0.4, 0.5) is 4.79 Å². The molecule has 22 heavy (non-hydrogen) atoms. The van der Waals surface area contributed by atoms with Gasteiger partial charge in [0, 0.05) is 25.0 Å². The fourth-order valence-electron chi connectivity index (χ4n) is 3.48. The van der Waals surface area contributed by atoms with Gasteiger partial charge in [-0.25, -0.2) is 4.79 Å². The van der Waals surface area contributed by atoms with Crippen LogP contribution >= 0.6 is 0 Å². The Bertz CT molecular complexity index is 359. The van der Waals surface area contributed by atoms with Crippen LogP contribution in [0.5, 0.6) is 0 Å². The van der Waals surface area contributed by atoms with Crippen LogP contribution < -0.4 is 16.0 Å². The largest absolute Gasteiger partial charge is 0.353 e. The Morgan fingerprint density at radius 1 is 0.864 bits per heavy atom. The molecule has 3 N–H and O–H groups in total. The van der Waals surface area contributed by atoms with Crippen molar-refractivity contribution in [1.29, 1.82) is 0 Å². The van der Waals surface area contributed by atoms with Crippen LogP contribution in [-0.2, 0) is 4.79 Å². The highest BCUT2D eigenvalue weighted by atomic mass is 16.2. The summed E-state index contributed by atoms with van der Waals surface area (Å²) >= 11 is 0. The lowest BCUT2D eigenvalue weighted by Crippen LogP contribution is -2.44. The van der Waals surface area contributed by atoms with E-state index in [1.807, 2.05) is 0 Å². The molecule has 2 aliphatic rings. The SMILES string of the molecule is CC1CCC(NC(=O)CCNC(=O)NC2CCCCC2)CC1. The second-order valence-electron chi connectivity index (χ2n) is 7.01. The summed E-state index contributed by atoms with van der Waals surface area (Å²) in [6, 6.07) is 0.512. The van der Waals surface area contributed by atoms with Crippen LogP contribution in [0, 0.1) is 5.92 Å². The summed E-state index contributed by atoms with van der Waals surface area (Å²) in [5.41, 5.74) is 0. The molecule has 5 heteroatoms. The normalized spacial score (nSPS) is 26.2. The van der Waals surface area contributed by atoms with Crippen LogP contribution in [0.2, 0.25) is 0 Å². The third-order valence-corrected chi connectivity index (χ3v) is 4.96. The molecule has 126 valence electrons. The third kappa shape index (κ3) is 6.24. The van der Waals surface area contributed by atoms with E-state index < -0.39 is 0 Å². The van der Waals surface area contributed by atoms with Crippen molar-refractivity contribution < 1.29 is 9.59 Å². The lowest BCUT2D eigenvalue weighted by atomic mass is 9.87. The van der Waals surface area contributed by atoms with Gasteiger partial charge >= 0.3 is 6.03 Å². The zero-order valence-corrected chi connectivity index (χ0v) is 13.8. The molecule has 0 aliphatic heterocycles. The molecule has 0 aromatic heterocycles. The summed E-state index contributed by atoms with van der Waals surface area (Å²) in [5.74, 6) is 0.843. The van der Waals surface area contributed by atoms with E-state index in [0.717, 1.165) is 31.6 Å². The van der Waals surface area contributed by atoms with Crippen molar-refractivity contribution in [1.82, 2.24) is 16.0 Å². The molecule has 2 fully saturated rings. The van der Waals surface area contributed by atoms with Crippen LogP contribution in [-0.4, -0.2) is 30.6 Å². The van der Waals surface area contributed by atoms with Crippen molar-refractivity contribution in [3.63, 3.8) is 0 Å². The number of nitrogens with one attached hydrogen (secondary N) is 3. The van der Waals surface area contributed by atoms with Crippen molar-refractivity contribution in [2.45, 2.75) is 83.2 Å². The predicted molar refractivity (Wildman–Crippen MR) is 87.6 cm³/mol. The van der Waals surface area contributed by atoms with Crippen LogP contribution in [0.3, 0.4) is 0 Å². The van der Waals surface area contributed by atoms with E-state index in [2.05, 4.69) is 22.9 Å². The van der Waals surface area contributed by atoms with Crippen LogP contribution in [0.1, 0.15) is 71.1 Å². The molecule has 0 atom stereocenters. The molecule has 0 heterocycles. The topological polar surface area (TPSA) is 70.2 Å². The number of rotatable bonds is 5. The summed E-state index contributed by atoms with van der Waals surface area (Å²) < 4.78 is 0. The van der Waals surface area contributed by atoms with E-state index in [1.165, 1.54) is 32.1 Å². The Morgan fingerprint density at radius 2 is 1.50 bits per heavy atom. The van der Waals surface area contributed by atoms with Gasteiger partial charge in [0.2, 0.25) is 5.91 Å². The van der Waals surface area contributed by atoms with Crippen molar-refractivity contribution in [3.05, 3.63) is 0 Å². The Morgan fingerprint density at radius 3 is 2.18 bits per heavy atom. The monoisotopic (exact) mass is 309 g/mol. The minimum Gasteiger partial charge on any atom is -0.353 e. The van der Waals surface area contributed by atoms with Gasteiger partial charge in [0.05, 0.1) is 0 Å². The van der Waals surface area contributed by atoms with E-state index >= 15 is 0 Å². The smallest absolute Gasteiger partial charge is 0.315 e. The number of hydrogen-bond donors (Lipinski definition) is 3. The fourth-order valence-corrected chi connectivity index (χ4v) is 3.48. The minimum absolute atomic E-state index is 0.0533. The van der Waals surface area contributed by atoms with E-state index in [-0.39, 0.29) is 11.9 Å². The molecule has 0 aromatic carbocycles. The van der Waals surface area contributed by atoms with Gasteiger partial charge in [-0.2, -0.15) is 0 Å². The minimum atomic E-state index is -0.133. The second kappa shape index (κ2) is 9.01. The maximum atomic E-state index is 11.9. The summed E-state index contributed by atoms with van der Waals surface area (Å²) in [6.07, 6.45) is 10.8. The zero-order valence-electron chi connectivity index (χ0n) is 13.8. The van der Waals surface area contributed by atoms with E-state index in [4.69, 9.17) is 0 Å². The maximum Gasteiger partial charge on any atom is 0.315 e. The molecular formula is C17H31N3O2. The van der Waals surface area contributed by atoms with Gasteiger partial charge in [-0.15, -0.1) is 0 Å². The second-order valence-corrected chi connectivity index (χ2v) is 7.01. The van der Waals surface area contributed by atoms with E-state index in [9.17, 15) is 9.59 Å². The molecule has 2 rings (SSSR count). The third-order valence-electron chi connectivity index (χ3n) is 4.96. The Kier molecular flexibility index (Phi) is 7.00. The first-order valence-electron chi connectivity index (χ1n) is 8.97. The van der Waals surface area contributed by atoms with E-state index in [0.29, 0.717) is 25.0 Å². The molecule has 0 spiro atoms. The molecule has 0 radical (unpaired) electrons. The number of carbonyl (C=O) groups excluding carboxylic acids is 2. The van der Waals surface area contributed by atoms with Crippen molar-refractivity contribution >= 4 is 11.9 Å². The predicted octanol–water partition coefficient (Wildman–Crippen LogP) is 2.70. The maximum absolute atomic E-state index is 11.9. The summed E-state index contributed by atoms with van der Waals surface area (Å²) in [6.45, 7) is 2.68. The van der Waals surface area contributed by atoms with Crippen molar-refractivity contribution in [3.8, 4) is 0 Å². The summed E-state index contributed by atoms with van der Waals surface area (Å²) in [7, 11) is 0. The van der Waals surface area contributed by atoms with Gasteiger partial charge in [-0.05, 0) is 44.4 Å². The lowest BCUT2D eigenvalue weighted by Gasteiger charge is -2.27. The molecule has 2 aliphatic carbocycles. The first-order chi connectivity index (χ1) is 10.6. The fraction of sp³-hybridized carbons (Fsp3) is 0.882. The Hall–Kier alpha value is -1.26. The van der Waals surface area contributed by atoms with E-state index in [1.54, 1.807) is 0 Å². The van der Waals surface area contributed by atoms with Crippen LogP contribution in [0.15, 0.2) is 0 Å². The first-order valence-corrected chi connectivity index (χ1v) is 8.97. The molecular weight excluding hydrogens is 278 g/mol. The van der Waals surface area contributed by atoms with Gasteiger partial charge in [-0.1, -0.05) is 26.2 Å². The highest BCUT2D eigenvalue weighted by molar-refractivity contribution is 5.78. The Balaban J connectivity index is 1.53. The highest BCUT2D eigenvalue weighted by Gasteiger charge is 2.20. The number of amides is 3. The summed E-state index contributed by atoms with van der Waals surface area (Å²) in [5, 5.41) is 8.88. The average Bonchev–Trinajstić information content (AvgIpc) is 2.50. The van der Waals surface area contributed by atoms with Gasteiger partial charge < -0.3 is 16.0 Å². The standard InChI is InChI=1S/C17H31N3O2/c1-13-7-9-15(10-8-13)19-16(21)11-12-18-17(22)20-14-5-3-2-4-6-14/h13-15H,2-12H2,1H3,(H,19,21)(H2,18,20,22). The van der Waals surface area contributed by atoms with Gasteiger partial charge in [0.15, 0.2) is 0 Å². The molecule has 5 nitrogen and oxygen atoms in total. The number of carbonyl (C=O) groups is 2. The number of hydrogen-bond acceptors (Lipinski definition) is 2. The average molecular weight is 309 g/mol. The lowest BCUT2D eigenvalue weighted by molar-refractivity contribution is -0.121. The molecule has 2 saturated carbocycles. The first kappa shape index (κ1) is 17.1. The molecule has 0 bridgehead atoms. The van der Waals surface area contributed by atoms with Crippen molar-refractivity contribution in [2.24, 2.45) is 5.92 Å². The Labute approximate surface area is 134 Å². The van der Waals surface area contributed by atoms with Crippen molar-refractivity contribution in [2.75, 3.05) is 6.54 Å². The molecule has 0 unspecified atom stereocenters. The van der Waals surface area contributed by atoms with Gasteiger partial charge in [0.1, 0.15) is 0 Å². The van der Waals surface area contributed by atoms with Gasteiger partial charge in [0.25, 0.3) is 0 Å². The highest BCUT2D eigenvalue weighted by Crippen LogP contribution is 2.23. The molecule has 0 saturated heterocycles. The molecule has 3 amide bonds. The number of urea groups is 1. The van der Waals surface area contributed by atoms with Crippen LogP contribution in [0.25, 0.3) is 0 Å². The zero-order chi connectivity index (χ0) is 15.8. The molecule has 0 aromatic rings.